The Kier molecular flexibility index (Phi) is 5.16. The number of sulfone groups is 1. The first-order valence-corrected chi connectivity index (χ1v) is 12.3. The van der Waals surface area contributed by atoms with Crippen molar-refractivity contribution in [3.63, 3.8) is 0 Å². The van der Waals surface area contributed by atoms with Gasteiger partial charge in [-0.25, -0.2) is 17.6 Å². The molecule has 2 unspecified atom stereocenters. The summed E-state index contributed by atoms with van der Waals surface area (Å²) in [5, 5.41) is 0. The Balaban J connectivity index is 1.86. The van der Waals surface area contributed by atoms with E-state index in [9.17, 15) is 17.6 Å². The smallest absolute Gasteiger partial charge is 0.410 e. The highest BCUT2D eigenvalue weighted by molar-refractivity contribution is 14.1. The molecule has 8 heteroatoms. The Morgan fingerprint density at radius 3 is 2.50 bits per heavy atom. The molecule has 160 valence electrons. The van der Waals surface area contributed by atoms with Crippen LogP contribution < -0.4 is 0 Å². The molecule has 1 amide bonds. The van der Waals surface area contributed by atoms with Gasteiger partial charge in [-0.05, 0) is 104 Å². The first-order chi connectivity index (χ1) is 14.0. The molecule has 2 atom stereocenters. The molecule has 0 bridgehead atoms. The lowest BCUT2D eigenvalue weighted by molar-refractivity contribution is 0.0220. The summed E-state index contributed by atoms with van der Waals surface area (Å²) in [5.41, 5.74) is 0.966. The van der Waals surface area contributed by atoms with Crippen LogP contribution in [-0.4, -0.2) is 37.6 Å². The monoisotopic (exact) mass is 543 g/mol. The maximum absolute atomic E-state index is 13.9. The van der Waals surface area contributed by atoms with Crippen molar-refractivity contribution in [2.45, 2.75) is 54.9 Å². The number of carbonyl (C=O) groups is 1. The van der Waals surface area contributed by atoms with Gasteiger partial charge in [-0.3, -0.25) is 0 Å². The molecule has 2 aromatic carbocycles. The Morgan fingerprint density at radius 1 is 1.20 bits per heavy atom. The van der Waals surface area contributed by atoms with E-state index in [0.29, 0.717) is 6.42 Å². The molecule has 5 nitrogen and oxygen atoms in total. The Morgan fingerprint density at radius 2 is 1.87 bits per heavy atom. The first-order valence-electron chi connectivity index (χ1n) is 9.74. The van der Waals surface area contributed by atoms with Crippen LogP contribution in [0.15, 0.2) is 47.4 Å². The minimum Gasteiger partial charge on any atom is -0.444 e. The first kappa shape index (κ1) is 21.5. The van der Waals surface area contributed by atoms with E-state index < -0.39 is 38.1 Å². The second-order valence-corrected chi connectivity index (χ2v) is 12.2. The molecule has 4 rings (SSSR count). The fraction of sp³-hybridized carbons (Fsp3) is 0.409. The van der Waals surface area contributed by atoms with E-state index in [1.165, 1.54) is 12.1 Å². The number of fused-ring (bicyclic) bond motifs is 3. The highest BCUT2D eigenvalue weighted by Gasteiger charge is 2.63. The van der Waals surface area contributed by atoms with Gasteiger partial charge in [0.2, 0.25) is 0 Å². The van der Waals surface area contributed by atoms with Crippen LogP contribution in [0.3, 0.4) is 0 Å². The summed E-state index contributed by atoms with van der Waals surface area (Å²) in [5.74, 6) is -0.494. The van der Waals surface area contributed by atoms with Crippen LogP contribution in [0.2, 0.25) is 0 Å². The molecule has 0 saturated carbocycles. The minimum atomic E-state index is -3.91. The molecule has 1 aliphatic heterocycles. The zero-order valence-electron chi connectivity index (χ0n) is 17.0. The van der Waals surface area contributed by atoms with E-state index in [-0.39, 0.29) is 17.9 Å². The number of amides is 1. The van der Waals surface area contributed by atoms with Crippen molar-refractivity contribution in [3.05, 3.63) is 63.0 Å². The molecule has 2 aromatic rings. The second-order valence-electron chi connectivity index (χ2n) is 8.79. The number of halogens is 2. The van der Waals surface area contributed by atoms with Gasteiger partial charge in [0, 0.05) is 10.1 Å². The van der Waals surface area contributed by atoms with Crippen molar-refractivity contribution >= 4 is 38.5 Å². The van der Waals surface area contributed by atoms with Gasteiger partial charge in [-0.1, -0.05) is 6.07 Å². The predicted octanol–water partition coefficient (Wildman–Crippen LogP) is 4.67. The number of ether oxygens (including phenoxy) is 1. The minimum absolute atomic E-state index is 0.0614. The zero-order chi connectivity index (χ0) is 21.9. The van der Waals surface area contributed by atoms with Crippen molar-refractivity contribution in [2.75, 3.05) is 6.54 Å². The summed E-state index contributed by atoms with van der Waals surface area (Å²) < 4.78 is 46.7. The summed E-state index contributed by atoms with van der Waals surface area (Å²) in [7, 11) is -3.91. The molecular weight excluding hydrogens is 520 g/mol. The molecule has 0 N–H and O–H groups in total. The van der Waals surface area contributed by atoms with Crippen LogP contribution in [0.4, 0.5) is 9.18 Å². The summed E-state index contributed by atoms with van der Waals surface area (Å²) in [6.45, 7) is 5.64. The fourth-order valence-electron chi connectivity index (χ4n) is 4.62. The van der Waals surface area contributed by atoms with Crippen LogP contribution in [0.1, 0.15) is 38.3 Å². The number of hydrogen-bond donors (Lipinski definition) is 0. The summed E-state index contributed by atoms with van der Waals surface area (Å²) in [6, 6.07) is 10.1. The van der Waals surface area contributed by atoms with E-state index in [0.717, 1.165) is 26.8 Å². The Labute approximate surface area is 189 Å². The lowest BCUT2D eigenvalue weighted by Gasteiger charge is -2.33. The number of benzene rings is 2. The van der Waals surface area contributed by atoms with Gasteiger partial charge in [-0.2, -0.15) is 0 Å². The molecular formula is C22H23FINO4S. The number of hydrogen-bond acceptors (Lipinski definition) is 4. The normalized spacial score (nSPS) is 23.2. The number of nitrogens with zero attached hydrogens (tertiary/aromatic N) is 1. The standard InChI is InChI=1S/C22H23FINO4S/c1-21(2,3)29-20(26)25-11-10-22(30(27,28)17-7-4-15(23)5-8-17)18-9-6-16(24)12-14(18)13-19(22)25/h4-9,12,19H,10-11,13H2,1-3H3. The van der Waals surface area contributed by atoms with Crippen molar-refractivity contribution < 1.29 is 22.3 Å². The maximum Gasteiger partial charge on any atom is 0.410 e. The lowest BCUT2D eigenvalue weighted by atomic mass is 9.97. The summed E-state index contributed by atoms with van der Waals surface area (Å²) in [6.07, 6.45) is 0.196. The van der Waals surface area contributed by atoms with Gasteiger partial charge >= 0.3 is 6.09 Å². The maximum atomic E-state index is 13.9. The quantitative estimate of drug-likeness (QED) is 0.408. The summed E-state index contributed by atoms with van der Waals surface area (Å²) >= 11 is 2.20. The van der Waals surface area contributed by atoms with E-state index in [1.54, 1.807) is 25.7 Å². The Hall–Kier alpha value is -1.68. The molecule has 0 aromatic heterocycles. The van der Waals surface area contributed by atoms with Crippen LogP contribution in [0, 0.1) is 9.39 Å². The molecule has 2 aliphatic rings. The van der Waals surface area contributed by atoms with Crippen molar-refractivity contribution in [1.82, 2.24) is 4.90 Å². The van der Waals surface area contributed by atoms with Crippen molar-refractivity contribution in [3.8, 4) is 0 Å². The highest BCUT2D eigenvalue weighted by atomic mass is 127. The summed E-state index contributed by atoms with van der Waals surface area (Å²) in [4.78, 5) is 14.5. The van der Waals surface area contributed by atoms with Gasteiger partial charge in [0.05, 0.1) is 10.9 Å². The average molecular weight is 543 g/mol. The predicted molar refractivity (Wildman–Crippen MR) is 119 cm³/mol. The van der Waals surface area contributed by atoms with Crippen LogP contribution in [0.25, 0.3) is 0 Å². The molecule has 0 radical (unpaired) electrons. The molecule has 30 heavy (non-hydrogen) atoms. The SMILES string of the molecule is CC(C)(C)OC(=O)N1CCC2(S(=O)(=O)c3ccc(F)cc3)c3ccc(I)cc3CC12. The molecule has 1 aliphatic carbocycles. The van der Waals surface area contributed by atoms with Gasteiger partial charge in [0.1, 0.15) is 16.2 Å². The zero-order valence-corrected chi connectivity index (χ0v) is 20.0. The van der Waals surface area contributed by atoms with E-state index in [4.69, 9.17) is 4.74 Å². The van der Waals surface area contributed by atoms with Gasteiger partial charge in [0.25, 0.3) is 0 Å². The van der Waals surface area contributed by atoms with Crippen LogP contribution in [-0.2, 0) is 25.7 Å². The third-order valence-corrected chi connectivity index (χ3v) is 9.03. The second kappa shape index (κ2) is 7.19. The number of likely N-dealkylation sites (tertiary alicyclic amines) is 1. The average Bonchev–Trinajstić information content (AvgIpc) is 3.15. The third kappa shape index (κ3) is 3.32. The number of rotatable bonds is 2. The van der Waals surface area contributed by atoms with Crippen molar-refractivity contribution in [2.24, 2.45) is 0 Å². The van der Waals surface area contributed by atoms with E-state index >= 15 is 0 Å². The third-order valence-electron chi connectivity index (χ3n) is 5.81. The lowest BCUT2D eigenvalue weighted by Crippen LogP contribution is -2.48. The van der Waals surface area contributed by atoms with Crippen LogP contribution in [0.5, 0.6) is 0 Å². The van der Waals surface area contributed by atoms with E-state index in [2.05, 4.69) is 22.6 Å². The molecule has 1 heterocycles. The van der Waals surface area contributed by atoms with Gasteiger partial charge < -0.3 is 9.64 Å². The van der Waals surface area contributed by atoms with Gasteiger partial charge in [0.15, 0.2) is 9.84 Å². The highest BCUT2D eigenvalue weighted by Crippen LogP contribution is 2.54. The van der Waals surface area contributed by atoms with Gasteiger partial charge in [-0.15, -0.1) is 0 Å². The number of carbonyl (C=O) groups excluding carboxylic acids is 1. The van der Waals surface area contributed by atoms with E-state index in [1.807, 2.05) is 18.2 Å². The van der Waals surface area contributed by atoms with Crippen LogP contribution >= 0.6 is 22.6 Å². The topological polar surface area (TPSA) is 63.7 Å². The fourth-order valence-corrected chi connectivity index (χ4v) is 7.51. The Bertz CT molecular complexity index is 1110. The largest absolute Gasteiger partial charge is 0.444 e. The molecule has 1 saturated heterocycles. The molecule has 0 spiro atoms. The molecule has 1 fully saturated rings. The van der Waals surface area contributed by atoms with Crippen molar-refractivity contribution in [1.29, 1.82) is 0 Å².